The van der Waals surface area contributed by atoms with E-state index in [0.29, 0.717) is 12.2 Å². The summed E-state index contributed by atoms with van der Waals surface area (Å²) in [6.45, 7) is 3.61. The van der Waals surface area contributed by atoms with E-state index in [1.54, 1.807) is 12.3 Å². The van der Waals surface area contributed by atoms with Crippen LogP contribution in [0, 0.1) is 0 Å². The van der Waals surface area contributed by atoms with Gasteiger partial charge in [0.15, 0.2) is 0 Å². The van der Waals surface area contributed by atoms with E-state index in [9.17, 15) is 4.79 Å². The number of carbonyl (C=O) groups is 1. The Labute approximate surface area is 131 Å². The second-order valence-electron chi connectivity index (χ2n) is 5.82. The van der Waals surface area contributed by atoms with Crippen molar-refractivity contribution in [3.8, 4) is 0 Å². The van der Waals surface area contributed by atoms with Gasteiger partial charge in [0.2, 0.25) is 0 Å². The first kappa shape index (κ1) is 14.7. The molecule has 2 unspecified atom stereocenters. The molecular weight excluding hydrogens is 274 g/mol. The SMILES string of the molecule is CC1CNC(Cc2ccccc2)CN1C(=O)c1ccccn1. The molecule has 4 heteroatoms. The molecule has 2 heterocycles. The first-order valence-electron chi connectivity index (χ1n) is 7.73. The second kappa shape index (κ2) is 6.71. The molecule has 0 spiro atoms. The minimum atomic E-state index is 0.0210. The Morgan fingerprint density at radius 1 is 1.23 bits per heavy atom. The smallest absolute Gasteiger partial charge is 0.272 e. The van der Waals surface area contributed by atoms with E-state index >= 15 is 0 Å². The summed E-state index contributed by atoms with van der Waals surface area (Å²) in [7, 11) is 0. The maximum absolute atomic E-state index is 12.6. The Morgan fingerprint density at radius 2 is 2.00 bits per heavy atom. The second-order valence-corrected chi connectivity index (χ2v) is 5.82. The van der Waals surface area contributed by atoms with Crippen LogP contribution in [0.1, 0.15) is 23.0 Å². The topological polar surface area (TPSA) is 45.2 Å². The van der Waals surface area contributed by atoms with Crippen molar-refractivity contribution in [3.63, 3.8) is 0 Å². The van der Waals surface area contributed by atoms with Crippen molar-refractivity contribution >= 4 is 5.91 Å². The molecule has 1 aromatic carbocycles. The molecule has 0 saturated carbocycles. The highest BCUT2D eigenvalue weighted by Crippen LogP contribution is 2.14. The lowest BCUT2D eigenvalue weighted by Crippen LogP contribution is -2.58. The Balaban J connectivity index is 1.70. The number of benzene rings is 1. The van der Waals surface area contributed by atoms with Crippen LogP contribution in [0.15, 0.2) is 54.7 Å². The zero-order valence-electron chi connectivity index (χ0n) is 12.8. The van der Waals surface area contributed by atoms with Gasteiger partial charge in [0.25, 0.3) is 5.91 Å². The van der Waals surface area contributed by atoms with Crippen LogP contribution in [0.4, 0.5) is 0 Å². The van der Waals surface area contributed by atoms with E-state index < -0.39 is 0 Å². The summed E-state index contributed by atoms with van der Waals surface area (Å²) in [6, 6.07) is 16.3. The molecule has 4 nitrogen and oxygen atoms in total. The van der Waals surface area contributed by atoms with Crippen LogP contribution in [0.5, 0.6) is 0 Å². The number of hydrogen-bond acceptors (Lipinski definition) is 3. The predicted molar refractivity (Wildman–Crippen MR) is 86.7 cm³/mol. The number of nitrogens with zero attached hydrogens (tertiary/aromatic N) is 2. The third-order valence-corrected chi connectivity index (χ3v) is 4.12. The molecular formula is C18H21N3O. The summed E-state index contributed by atoms with van der Waals surface area (Å²) in [5, 5.41) is 3.54. The van der Waals surface area contributed by atoms with Crippen LogP contribution >= 0.6 is 0 Å². The molecule has 0 bridgehead atoms. The largest absolute Gasteiger partial charge is 0.332 e. The molecule has 22 heavy (non-hydrogen) atoms. The summed E-state index contributed by atoms with van der Waals surface area (Å²) >= 11 is 0. The Bertz CT molecular complexity index is 615. The Kier molecular flexibility index (Phi) is 4.49. The summed E-state index contributed by atoms with van der Waals surface area (Å²) < 4.78 is 0. The van der Waals surface area contributed by atoms with E-state index in [-0.39, 0.29) is 18.0 Å². The first-order chi connectivity index (χ1) is 10.7. The average Bonchev–Trinajstić information content (AvgIpc) is 2.58. The molecule has 1 amide bonds. The highest BCUT2D eigenvalue weighted by atomic mass is 16.2. The van der Waals surface area contributed by atoms with Crippen LogP contribution in [-0.2, 0) is 6.42 Å². The van der Waals surface area contributed by atoms with E-state index in [0.717, 1.165) is 13.0 Å². The van der Waals surface area contributed by atoms with E-state index in [1.807, 2.05) is 23.1 Å². The first-order valence-corrected chi connectivity index (χ1v) is 7.73. The van der Waals surface area contributed by atoms with Gasteiger partial charge in [-0.2, -0.15) is 0 Å². The van der Waals surface area contributed by atoms with E-state index in [2.05, 4.69) is 41.5 Å². The molecule has 1 fully saturated rings. The summed E-state index contributed by atoms with van der Waals surface area (Å²) in [5.74, 6) is 0.0210. The van der Waals surface area contributed by atoms with Crippen LogP contribution in [0.25, 0.3) is 0 Å². The van der Waals surface area contributed by atoms with Gasteiger partial charge in [0.1, 0.15) is 5.69 Å². The lowest BCUT2D eigenvalue weighted by Gasteiger charge is -2.38. The Hall–Kier alpha value is -2.20. The fraction of sp³-hybridized carbons (Fsp3) is 0.333. The van der Waals surface area contributed by atoms with Gasteiger partial charge in [-0.15, -0.1) is 0 Å². The molecule has 1 aliphatic heterocycles. The van der Waals surface area contributed by atoms with Gasteiger partial charge in [-0.1, -0.05) is 36.4 Å². The summed E-state index contributed by atoms with van der Waals surface area (Å²) in [4.78, 5) is 18.8. The molecule has 2 aromatic rings. The number of nitrogens with one attached hydrogen (secondary N) is 1. The highest BCUT2D eigenvalue weighted by molar-refractivity contribution is 5.92. The van der Waals surface area contributed by atoms with Gasteiger partial charge in [-0.25, -0.2) is 0 Å². The van der Waals surface area contributed by atoms with Gasteiger partial charge in [-0.3, -0.25) is 9.78 Å². The predicted octanol–water partition coefficient (Wildman–Crippen LogP) is 2.13. The van der Waals surface area contributed by atoms with Gasteiger partial charge >= 0.3 is 0 Å². The molecule has 1 aromatic heterocycles. The maximum atomic E-state index is 12.6. The highest BCUT2D eigenvalue weighted by Gasteiger charge is 2.29. The average molecular weight is 295 g/mol. The van der Waals surface area contributed by atoms with Gasteiger partial charge in [0, 0.05) is 31.4 Å². The molecule has 3 rings (SSSR count). The minimum absolute atomic E-state index is 0.0210. The van der Waals surface area contributed by atoms with E-state index in [4.69, 9.17) is 0 Å². The van der Waals surface area contributed by atoms with Crippen molar-refractivity contribution in [1.82, 2.24) is 15.2 Å². The Morgan fingerprint density at radius 3 is 2.73 bits per heavy atom. The number of piperazine rings is 1. The molecule has 2 atom stereocenters. The van der Waals surface area contributed by atoms with E-state index in [1.165, 1.54) is 5.56 Å². The van der Waals surface area contributed by atoms with Crippen molar-refractivity contribution in [2.75, 3.05) is 13.1 Å². The summed E-state index contributed by atoms with van der Waals surface area (Å²) in [6.07, 6.45) is 2.60. The number of pyridine rings is 1. The van der Waals surface area contributed by atoms with Crippen LogP contribution < -0.4 is 5.32 Å². The van der Waals surface area contributed by atoms with Crippen molar-refractivity contribution in [2.45, 2.75) is 25.4 Å². The third kappa shape index (κ3) is 3.34. The number of amides is 1. The zero-order valence-corrected chi connectivity index (χ0v) is 12.8. The van der Waals surface area contributed by atoms with Gasteiger partial charge in [-0.05, 0) is 31.0 Å². The minimum Gasteiger partial charge on any atom is -0.332 e. The number of rotatable bonds is 3. The standard InChI is InChI=1S/C18H21N3O/c1-14-12-20-16(11-15-7-3-2-4-8-15)13-21(14)18(22)17-9-5-6-10-19-17/h2-10,14,16,20H,11-13H2,1H3. The van der Waals surface area contributed by atoms with Crippen molar-refractivity contribution in [1.29, 1.82) is 0 Å². The van der Waals surface area contributed by atoms with Crippen molar-refractivity contribution in [3.05, 3.63) is 66.0 Å². The van der Waals surface area contributed by atoms with Crippen molar-refractivity contribution < 1.29 is 4.79 Å². The molecule has 0 aliphatic carbocycles. The van der Waals surface area contributed by atoms with Gasteiger partial charge < -0.3 is 10.2 Å². The van der Waals surface area contributed by atoms with Crippen LogP contribution in [-0.4, -0.2) is 41.0 Å². The van der Waals surface area contributed by atoms with Crippen LogP contribution in [0.3, 0.4) is 0 Å². The number of aromatic nitrogens is 1. The molecule has 0 radical (unpaired) electrons. The molecule has 1 N–H and O–H groups in total. The fourth-order valence-electron chi connectivity index (χ4n) is 2.88. The van der Waals surface area contributed by atoms with Crippen LogP contribution in [0.2, 0.25) is 0 Å². The molecule has 1 aliphatic rings. The fourth-order valence-corrected chi connectivity index (χ4v) is 2.88. The summed E-state index contributed by atoms with van der Waals surface area (Å²) in [5.41, 5.74) is 1.81. The molecule has 1 saturated heterocycles. The molecule has 114 valence electrons. The van der Waals surface area contributed by atoms with Crippen molar-refractivity contribution in [2.24, 2.45) is 0 Å². The monoisotopic (exact) mass is 295 g/mol. The number of hydrogen-bond donors (Lipinski definition) is 1. The number of carbonyl (C=O) groups excluding carboxylic acids is 1. The maximum Gasteiger partial charge on any atom is 0.272 e. The lowest BCUT2D eigenvalue weighted by molar-refractivity contribution is 0.0601. The normalized spacial score (nSPS) is 21.6. The van der Waals surface area contributed by atoms with Gasteiger partial charge in [0.05, 0.1) is 0 Å². The quantitative estimate of drug-likeness (QED) is 0.943. The zero-order chi connectivity index (χ0) is 15.4. The third-order valence-electron chi connectivity index (χ3n) is 4.12. The lowest BCUT2D eigenvalue weighted by atomic mass is 10.0.